The van der Waals surface area contributed by atoms with Gasteiger partial charge in [-0.3, -0.25) is 4.90 Å². The molecular formula is C23H24BrFN2O2. The Morgan fingerprint density at radius 1 is 1.28 bits per heavy atom. The number of benzene rings is 2. The van der Waals surface area contributed by atoms with Crippen LogP contribution in [0.5, 0.6) is 5.75 Å². The number of H-pyrrole nitrogens is 1. The fraction of sp³-hybridized carbons (Fsp3) is 0.391. The lowest BCUT2D eigenvalue weighted by atomic mass is 9.86. The third-order valence-electron chi connectivity index (χ3n) is 6.19. The van der Waals surface area contributed by atoms with Crippen molar-refractivity contribution in [2.24, 2.45) is 0 Å². The van der Waals surface area contributed by atoms with E-state index in [0.717, 1.165) is 33.4 Å². The van der Waals surface area contributed by atoms with Crippen molar-refractivity contribution in [2.45, 2.75) is 31.1 Å². The molecule has 6 heteroatoms. The quantitative estimate of drug-likeness (QED) is 0.596. The molecule has 1 fully saturated rings. The molecule has 0 bridgehead atoms. The Bertz CT molecular complexity index is 1060. The van der Waals surface area contributed by atoms with Crippen LogP contribution in [0.4, 0.5) is 4.39 Å². The van der Waals surface area contributed by atoms with Gasteiger partial charge in [-0.15, -0.1) is 0 Å². The summed E-state index contributed by atoms with van der Waals surface area (Å²) in [4.78, 5) is 5.91. The van der Waals surface area contributed by atoms with Gasteiger partial charge in [0.25, 0.3) is 0 Å². The van der Waals surface area contributed by atoms with Gasteiger partial charge >= 0.3 is 0 Å². The van der Waals surface area contributed by atoms with E-state index >= 15 is 4.39 Å². The molecule has 3 aromatic rings. The monoisotopic (exact) mass is 458 g/mol. The Morgan fingerprint density at radius 3 is 2.79 bits per heavy atom. The molecule has 3 heterocycles. The van der Waals surface area contributed by atoms with Crippen molar-refractivity contribution in [1.82, 2.24) is 9.88 Å². The number of nitrogens with one attached hydrogen (secondary N) is 1. The fourth-order valence-electron chi connectivity index (χ4n) is 4.74. The smallest absolute Gasteiger partial charge is 0.169 e. The third kappa shape index (κ3) is 3.18. The van der Waals surface area contributed by atoms with Gasteiger partial charge in [0.05, 0.1) is 26.4 Å². The Balaban J connectivity index is 1.69. The lowest BCUT2D eigenvalue weighted by molar-refractivity contribution is -0.147. The molecule has 5 rings (SSSR count). The second-order valence-corrected chi connectivity index (χ2v) is 9.14. The van der Waals surface area contributed by atoms with Crippen LogP contribution in [0.15, 0.2) is 46.9 Å². The molecule has 0 saturated carbocycles. The van der Waals surface area contributed by atoms with Crippen molar-refractivity contribution in [3.05, 3.63) is 63.8 Å². The summed E-state index contributed by atoms with van der Waals surface area (Å²) in [7, 11) is 1.68. The van der Waals surface area contributed by atoms with Crippen LogP contribution in [-0.4, -0.2) is 48.5 Å². The molecule has 2 aliphatic heterocycles. The molecule has 152 valence electrons. The molecular weight excluding hydrogens is 435 g/mol. The second-order valence-electron chi connectivity index (χ2n) is 8.22. The minimum Gasteiger partial charge on any atom is -0.496 e. The van der Waals surface area contributed by atoms with Crippen LogP contribution in [0.3, 0.4) is 0 Å². The first kappa shape index (κ1) is 19.1. The van der Waals surface area contributed by atoms with Gasteiger partial charge in [0.2, 0.25) is 0 Å². The summed E-state index contributed by atoms with van der Waals surface area (Å²) in [5.41, 5.74) is 3.32. The normalized spacial score (nSPS) is 23.6. The van der Waals surface area contributed by atoms with Crippen molar-refractivity contribution in [2.75, 3.05) is 26.9 Å². The van der Waals surface area contributed by atoms with E-state index in [1.165, 1.54) is 10.9 Å². The highest BCUT2D eigenvalue weighted by Crippen LogP contribution is 2.45. The zero-order valence-electron chi connectivity index (χ0n) is 16.5. The highest BCUT2D eigenvalue weighted by molar-refractivity contribution is 9.10. The van der Waals surface area contributed by atoms with Crippen LogP contribution >= 0.6 is 15.9 Å². The summed E-state index contributed by atoms with van der Waals surface area (Å²) in [5.74, 6) is 0.797. The van der Waals surface area contributed by atoms with E-state index in [-0.39, 0.29) is 25.3 Å². The summed E-state index contributed by atoms with van der Waals surface area (Å²) >= 11 is 3.54. The Morgan fingerprint density at radius 2 is 2.07 bits per heavy atom. The summed E-state index contributed by atoms with van der Waals surface area (Å²) in [6.45, 7) is 2.86. The van der Waals surface area contributed by atoms with Gasteiger partial charge < -0.3 is 14.5 Å². The van der Waals surface area contributed by atoms with E-state index in [2.05, 4.69) is 57.0 Å². The number of hydrogen-bond acceptors (Lipinski definition) is 3. The third-order valence-corrected chi connectivity index (χ3v) is 6.69. The maximum Gasteiger partial charge on any atom is 0.169 e. The molecule has 0 amide bonds. The summed E-state index contributed by atoms with van der Waals surface area (Å²) in [5, 5.41) is 1.25. The number of fused-ring (bicyclic) bond motifs is 3. The predicted octanol–water partition coefficient (Wildman–Crippen LogP) is 5.01. The maximum atomic E-state index is 15.2. The summed E-state index contributed by atoms with van der Waals surface area (Å²) in [6.07, 6.45) is 0.881. The zero-order valence-corrected chi connectivity index (χ0v) is 18.1. The first-order valence-corrected chi connectivity index (χ1v) is 10.7. The summed E-state index contributed by atoms with van der Waals surface area (Å²) in [6, 6.07) is 14.5. The number of para-hydroxylation sites is 1. The molecule has 1 saturated heterocycles. The number of halogens is 2. The van der Waals surface area contributed by atoms with Gasteiger partial charge in [0.15, 0.2) is 5.67 Å². The topological polar surface area (TPSA) is 37.5 Å². The molecule has 1 aromatic heterocycles. The van der Waals surface area contributed by atoms with Gasteiger partial charge in [-0.1, -0.05) is 40.2 Å². The minimum atomic E-state index is -1.29. The molecule has 2 aliphatic rings. The highest BCUT2D eigenvalue weighted by Gasteiger charge is 2.46. The number of ether oxygens (including phenoxy) is 2. The number of hydrogen-bond donors (Lipinski definition) is 1. The van der Waals surface area contributed by atoms with Crippen LogP contribution in [0, 0.1) is 0 Å². The zero-order chi connectivity index (χ0) is 20.2. The van der Waals surface area contributed by atoms with Gasteiger partial charge in [0, 0.05) is 39.2 Å². The number of alkyl halides is 1. The van der Waals surface area contributed by atoms with E-state index in [0.29, 0.717) is 6.54 Å². The molecule has 29 heavy (non-hydrogen) atoms. The van der Waals surface area contributed by atoms with Crippen LogP contribution in [0.2, 0.25) is 0 Å². The largest absolute Gasteiger partial charge is 0.496 e. The number of aromatic amines is 1. The van der Waals surface area contributed by atoms with Crippen molar-refractivity contribution in [3.63, 3.8) is 0 Å². The number of nitrogens with zero attached hydrogens (tertiary/aromatic N) is 1. The predicted molar refractivity (Wildman–Crippen MR) is 115 cm³/mol. The lowest BCUT2D eigenvalue weighted by Crippen LogP contribution is -2.57. The van der Waals surface area contributed by atoms with Crippen molar-refractivity contribution in [3.8, 4) is 5.75 Å². The van der Waals surface area contributed by atoms with E-state index in [1.807, 2.05) is 18.2 Å². The molecule has 0 radical (unpaired) electrons. The van der Waals surface area contributed by atoms with E-state index in [4.69, 9.17) is 9.47 Å². The average molecular weight is 459 g/mol. The van der Waals surface area contributed by atoms with Crippen molar-refractivity contribution in [1.29, 1.82) is 0 Å². The summed E-state index contributed by atoms with van der Waals surface area (Å²) < 4.78 is 27.0. The minimum absolute atomic E-state index is 0.113. The SMILES string of the molecule is COc1cc(Br)ccc1[C@@H]1c2[nH]c3ccccc3c2C[C@@H](C)N1CC1(F)COC1. The van der Waals surface area contributed by atoms with E-state index in [1.54, 1.807) is 7.11 Å². The van der Waals surface area contributed by atoms with Gasteiger partial charge in [0.1, 0.15) is 5.75 Å². The second kappa shape index (κ2) is 7.11. The molecule has 0 unspecified atom stereocenters. The van der Waals surface area contributed by atoms with Crippen molar-refractivity contribution >= 4 is 26.8 Å². The Kier molecular flexibility index (Phi) is 4.68. The van der Waals surface area contributed by atoms with Gasteiger partial charge in [-0.05, 0) is 37.1 Å². The standard InChI is InChI=1S/C23H24BrFN2O2/c1-14-9-18-16-5-3-4-6-19(16)26-21(18)22(27(14)11-23(25)12-29-13-23)17-8-7-15(24)10-20(17)28-2/h3-8,10,14,22,26H,9,11-13H2,1-2H3/t14-,22-/m1/s1. The van der Waals surface area contributed by atoms with Gasteiger partial charge in [-0.25, -0.2) is 4.39 Å². The average Bonchev–Trinajstić information content (AvgIpc) is 3.05. The lowest BCUT2D eigenvalue weighted by Gasteiger charge is -2.46. The molecule has 2 aromatic carbocycles. The Labute approximate surface area is 178 Å². The maximum absolute atomic E-state index is 15.2. The highest BCUT2D eigenvalue weighted by atomic mass is 79.9. The Hall–Kier alpha value is -1.89. The number of methoxy groups -OCH3 is 1. The van der Waals surface area contributed by atoms with E-state index < -0.39 is 5.67 Å². The van der Waals surface area contributed by atoms with Crippen LogP contribution in [0.1, 0.15) is 29.8 Å². The molecule has 0 aliphatic carbocycles. The van der Waals surface area contributed by atoms with E-state index in [9.17, 15) is 0 Å². The molecule has 1 N–H and O–H groups in total. The molecule has 2 atom stereocenters. The van der Waals surface area contributed by atoms with Crippen LogP contribution in [0.25, 0.3) is 10.9 Å². The first-order valence-electron chi connectivity index (χ1n) is 9.94. The van der Waals surface area contributed by atoms with Crippen molar-refractivity contribution < 1.29 is 13.9 Å². The fourth-order valence-corrected chi connectivity index (χ4v) is 5.08. The number of aromatic nitrogens is 1. The molecule has 0 spiro atoms. The first-order chi connectivity index (χ1) is 14.0. The number of rotatable bonds is 4. The van der Waals surface area contributed by atoms with Gasteiger partial charge in [-0.2, -0.15) is 0 Å². The van der Waals surface area contributed by atoms with Crippen LogP contribution < -0.4 is 4.74 Å². The van der Waals surface area contributed by atoms with Crippen LogP contribution in [-0.2, 0) is 11.2 Å². The molecule has 4 nitrogen and oxygen atoms in total.